The first-order chi connectivity index (χ1) is 13.8. The van der Waals surface area contributed by atoms with Gasteiger partial charge in [-0.2, -0.15) is 5.10 Å². The summed E-state index contributed by atoms with van der Waals surface area (Å²) in [6, 6.07) is 12.4. The van der Waals surface area contributed by atoms with Gasteiger partial charge in [-0.1, -0.05) is 51.1 Å². The maximum Gasteiger partial charge on any atom is 0.230 e. The van der Waals surface area contributed by atoms with E-state index in [1.807, 2.05) is 54.6 Å². The summed E-state index contributed by atoms with van der Waals surface area (Å²) in [5, 5.41) is 7.44. The molecule has 1 aliphatic heterocycles. The van der Waals surface area contributed by atoms with Gasteiger partial charge in [-0.3, -0.25) is 9.59 Å². The number of anilines is 1. The van der Waals surface area contributed by atoms with E-state index in [0.717, 1.165) is 38.2 Å². The van der Waals surface area contributed by atoms with E-state index in [0.29, 0.717) is 11.8 Å². The number of likely N-dealkylation sites (tertiary alicyclic amines) is 1. The lowest BCUT2D eigenvalue weighted by molar-refractivity contribution is -0.134. The first-order valence-electron chi connectivity index (χ1n) is 10.5. The van der Waals surface area contributed by atoms with E-state index in [9.17, 15) is 9.59 Å². The molecule has 0 bridgehead atoms. The van der Waals surface area contributed by atoms with Gasteiger partial charge in [-0.05, 0) is 30.7 Å². The van der Waals surface area contributed by atoms with Crippen LogP contribution in [0.1, 0.15) is 57.6 Å². The molecule has 1 aliphatic carbocycles. The highest BCUT2D eigenvalue weighted by atomic mass is 16.2. The quantitative estimate of drug-likeness (QED) is 0.857. The molecule has 0 radical (unpaired) electrons. The summed E-state index contributed by atoms with van der Waals surface area (Å²) in [6.45, 7) is 7.18. The molecule has 6 heteroatoms. The van der Waals surface area contributed by atoms with Crippen LogP contribution in [-0.4, -0.2) is 39.6 Å². The summed E-state index contributed by atoms with van der Waals surface area (Å²) in [5.74, 6) is 1.53. The molecule has 2 amide bonds. The van der Waals surface area contributed by atoms with Crippen LogP contribution in [0, 0.1) is 11.3 Å². The third-order valence-corrected chi connectivity index (χ3v) is 6.05. The van der Waals surface area contributed by atoms with Crippen molar-refractivity contribution in [2.45, 2.75) is 52.0 Å². The number of carbonyl (C=O) groups is 2. The number of piperidine rings is 1. The summed E-state index contributed by atoms with van der Waals surface area (Å²) >= 11 is 0. The average molecular weight is 395 g/mol. The molecule has 1 aromatic carbocycles. The minimum absolute atomic E-state index is 0.0208. The summed E-state index contributed by atoms with van der Waals surface area (Å²) in [7, 11) is 0. The van der Waals surface area contributed by atoms with E-state index in [4.69, 9.17) is 0 Å². The molecule has 1 N–H and O–H groups in total. The Bertz CT molecular complexity index is 876. The lowest BCUT2D eigenvalue weighted by Crippen LogP contribution is -2.40. The molecule has 2 fully saturated rings. The molecule has 2 aliphatic rings. The highest BCUT2D eigenvalue weighted by molar-refractivity contribution is 5.93. The Labute approximate surface area is 172 Å². The lowest BCUT2D eigenvalue weighted by atomic mass is 9.96. The lowest BCUT2D eigenvalue weighted by Gasteiger charge is -2.33. The standard InChI is InChI=1S/C23H30N4O2/c1-23(2,3)22(29)25-20-9-12-24-27(20)17-10-13-26(14-11-17)21(28)19-15-18(19)16-7-5-4-6-8-16/h4-9,12,17-19H,10-11,13-15H2,1-3H3,(H,25,29)/t18-,19+/m0/s1. The zero-order chi connectivity index (χ0) is 20.6. The van der Waals surface area contributed by atoms with E-state index >= 15 is 0 Å². The minimum Gasteiger partial charge on any atom is -0.342 e. The summed E-state index contributed by atoms with van der Waals surface area (Å²) in [6.07, 6.45) is 4.40. The van der Waals surface area contributed by atoms with E-state index in [1.54, 1.807) is 6.20 Å². The van der Waals surface area contributed by atoms with Crippen LogP contribution in [0.5, 0.6) is 0 Å². The third kappa shape index (κ3) is 4.21. The molecule has 29 heavy (non-hydrogen) atoms. The summed E-state index contributed by atoms with van der Waals surface area (Å²) < 4.78 is 1.91. The summed E-state index contributed by atoms with van der Waals surface area (Å²) in [4.78, 5) is 27.3. The number of amides is 2. The predicted molar refractivity (Wildman–Crippen MR) is 112 cm³/mol. The van der Waals surface area contributed by atoms with Crippen molar-refractivity contribution in [1.29, 1.82) is 0 Å². The SMILES string of the molecule is CC(C)(C)C(=O)Nc1ccnn1C1CCN(C(=O)[C@@H]2C[C@H]2c2ccccc2)CC1. The molecule has 1 aromatic heterocycles. The van der Waals surface area contributed by atoms with Gasteiger partial charge in [0.05, 0.1) is 12.2 Å². The van der Waals surface area contributed by atoms with Crippen LogP contribution in [0.4, 0.5) is 5.82 Å². The van der Waals surface area contributed by atoms with E-state index in [-0.39, 0.29) is 17.9 Å². The number of carbonyl (C=O) groups excluding carboxylic acids is 2. The second-order valence-electron chi connectivity index (χ2n) is 9.28. The third-order valence-electron chi connectivity index (χ3n) is 6.05. The Morgan fingerprint density at radius 2 is 1.76 bits per heavy atom. The van der Waals surface area contributed by atoms with Gasteiger partial charge in [-0.15, -0.1) is 0 Å². The molecule has 2 heterocycles. The molecule has 1 saturated carbocycles. The second-order valence-corrected chi connectivity index (χ2v) is 9.28. The fourth-order valence-electron chi connectivity index (χ4n) is 4.11. The average Bonchev–Trinajstić information content (AvgIpc) is 3.39. The number of rotatable bonds is 4. The van der Waals surface area contributed by atoms with Crippen molar-refractivity contribution in [2.75, 3.05) is 18.4 Å². The fourth-order valence-corrected chi connectivity index (χ4v) is 4.11. The maximum absolute atomic E-state index is 12.9. The molecule has 1 saturated heterocycles. The fraction of sp³-hybridized carbons (Fsp3) is 0.522. The first-order valence-corrected chi connectivity index (χ1v) is 10.5. The van der Waals surface area contributed by atoms with Gasteiger partial charge in [0.15, 0.2) is 0 Å². The number of hydrogen-bond donors (Lipinski definition) is 1. The Hall–Kier alpha value is -2.63. The molecule has 2 aromatic rings. The largest absolute Gasteiger partial charge is 0.342 e. The van der Waals surface area contributed by atoms with Crippen LogP contribution >= 0.6 is 0 Å². The van der Waals surface area contributed by atoms with E-state index in [1.165, 1.54) is 5.56 Å². The van der Waals surface area contributed by atoms with Crippen LogP contribution in [0.3, 0.4) is 0 Å². The number of nitrogens with zero attached hydrogens (tertiary/aromatic N) is 3. The van der Waals surface area contributed by atoms with Crippen molar-refractivity contribution in [3.63, 3.8) is 0 Å². The van der Waals surface area contributed by atoms with Gasteiger partial charge in [0, 0.05) is 30.5 Å². The molecule has 154 valence electrons. The van der Waals surface area contributed by atoms with Gasteiger partial charge in [0.2, 0.25) is 11.8 Å². The van der Waals surface area contributed by atoms with Gasteiger partial charge in [0.25, 0.3) is 0 Å². The monoisotopic (exact) mass is 394 g/mol. The zero-order valence-corrected chi connectivity index (χ0v) is 17.5. The Kier molecular flexibility index (Phi) is 5.19. The zero-order valence-electron chi connectivity index (χ0n) is 17.5. The molecule has 6 nitrogen and oxygen atoms in total. The Morgan fingerprint density at radius 3 is 2.41 bits per heavy atom. The van der Waals surface area contributed by atoms with Crippen molar-refractivity contribution in [3.05, 3.63) is 48.2 Å². The van der Waals surface area contributed by atoms with Gasteiger partial charge >= 0.3 is 0 Å². The second kappa shape index (κ2) is 7.65. The molecule has 0 spiro atoms. The van der Waals surface area contributed by atoms with Crippen LogP contribution in [0.2, 0.25) is 0 Å². The van der Waals surface area contributed by atoms with Gasteiger partial charge < -0.3 is 10.2 Å². The highest BCUT2D eigenvalue weighted by Crippen LogP contribution is 2.48. The Balaban J connectivity index is 1.33. The molecular formula is C23H30N4O2. The predicted octanol–water partition coefficient (Wildman–Crippen LogP) is 3.83. The number of aromatic nitrogens is 2. The van der Waals surface area contributed by atoms with Gasteiger partial charge in [0.1, 0.15) is 5.82 Å². The van der Waals surface area contributed by atoms with E-state index in [2.05, 4.69) is 22.5 Å². The number of hydrogen-bond acceptors (Lipinski definition) is 3. The van der Waals surface area contributed by atoms with Crippen molar-refractivity contribution >= 4 is 17.6 Å². The molecule has 2 atom stereocenters. The normalized spacial score (nSPS) is 22.4. The minimum atomic E-state index is -0.454. The molecular weight excluding hydrogens is 364 g/mol. The van der Waals surface area contributed by atoms with Crippen molar-refractivity contribution < 1.29 is 9.59 Å². The molecule has 4 rings (SSSR count). The van der Waals surface area contributed by atoms with Crippen LogP contribution in [0.25, 0.3) is 0 Å². The summed E-state index contributed by atoms with van der Waals surface area (Å²) in [5.41, 5.74) is 0.821. The highest BCUT2D eigenvalue weighted by Gasteiger charge is 2.46. The van der Waals surface area contributed by atoms with Crippen molar-refractivity contribution in [3.8, 4) is 0 Å². The smallest absolute Gasteiger partial charge is 0.230 e. The first kappa shape index (κ1) is 19.7. The maximum atomic E-state index is 12.9. The van der Waals surface area contributed by atoms with E-state index < -0.39 is 5.41 Å². The van der Waals surface area contributed by atoms with Gasteiger partial charge in [-0.25, -0.2) is 4.68 Å². The number of benzene rings is 1. The van der Waals surface area contributed by atoms with Crippen molar-refractivity contribution in [1.82, 2.24) is 14.7 Å². The van der Waals surface area contributed by atoms with Crippen LogP contribution in [0.15, 0.2) is 42.6 Å². The topological polar surface area (TPSA) is 67.2 Å². The number of nitrogens with one attached hydrogen (secondary N) is 1. The van der Waals surface area contributed by atoms with Crippen LogP contribution in [-0.2, 0) is 9.59 Å². The Morgan fingerprint density at radius 1 is 1.07 bits per heavy atom. The van der Waals surface area contributed by atoms with Crippen LogP contribution < -0.4 is 5.32 Å². The molecule has 0 unspecified atom stereocenters. The van der Waals surface area contributed by atoms with Crippen molar-refractivity contribution in [2.24, 2.45) is 11.3 Å².